The van der Waals surface area contributed by atoms with E-state index in [4.69, 9.17) is 9.47 Å². The minimum absolute atomic E-state index is 0.0817. The number of hydrogen-bond acceptors (Lipinski definition) is 7. The highest BCUT2D eigenvalue weighted by atomic mass is 32.1. The quantitative estimate of drug-likeness (QED) is 0.171. The first-order chi connectivity index (χ1) is 11.4. The predicted molar refractivity (Wildman–Crippen MR) is 98.8 cm³/mol. The van der Waals surface area contributed by atoms with Crippen LogP contribution in [0.3, 0.4) is 0 Å². The van der Waals surface area contributed by atoms with E-state index in [2.05, 4.69) is 19.2 Å². The van der Waals surface area contributed by atoms with E-state index in [0.29, 0.717) is 0 Å². The van der Waals surface area contributed by atoms with Crippen LogP contribution in [-0.2, 0) is 19.1 Å². The number of carbonyl (C=O) groups is 3. The number of quaternary nitrogens is 1. The zero-order valence-electron chi connectivity index (χ0n) is 15.4. The third-order valence-electron chi connectivity index (χ3n) is 4.34. The first-order valence-electron chi connectivity index (χ1n) is 8.17. The van der Waals surface area contributed by atoms with Crippen molar-refractivity contribution in [2.24, 2.45) is 0 Å². The molecule has 1 aliphatic heterocycles. The first-order valence-corrected chi connectivity index (χ1v) is 12.2. The van der Waals surface area contributed by atoms with Crippen LogP contribution in [0.25, 0.3) is 0 Å². The van der Waals surface area contributed by atoms with Crippen molar-refractivity contribution in [1.82, 2.24) is 0 Å². The molecule has 1 aliphatic rings. The van der Waals surface area contributed by atoms with Gasteiger partial charge in [-0.1, -0.05) is 32.3 Å². The average molecular weight is 391 g/mol. The van der Waals surface area contributed by atoms with Gasteiger partial charge < -0.3 is 14.6 Å². The van der Waals surface area contributed by atoms with Gasteiger partial charge in [0, 0.05) is 0 Å². The van der Waals surface area contributed by atoms with Gasteiger partial charge in [-0.2, -0.15) is 17.4 Å². The normalized spacial score (nSPS) is 28.5. The van der Waals surface area contributed by atoms with Crippen molar-refractivity contribution in [2.45, 2.75) is 50.0 Å². The van der Waals surface area contributed by atoms with Gasteiger partial charge in [-0.05, 0) is 13.8 Å². The number of thiol groups is 1. The maximum absolute atomic E-state index is 13.1. The third-order valence-corrected chi connectivity index (χ3v) is 7.36. The molecule has 0 aliphatic carbocycles. The van der Waals surface area contributed by atoms with Crippen LogP contribution in [0.2, 0.25) is 19.6 Å². The SMILES string of the molecule is C=CCOC(=O)[N+]1(C(C(=O)OCC)[Si](C)(C)C)C[C@](S)(C(C)O)C1=O. The van der Waals surface area contributed by atoms with Gasteiger partial charge in [0.15, 0.2) is 5.67 Å². The Bertz CT molecular complexity index is 575. The van der Waals surface area contributed by atoms with Gasteiger partial charge in [-0.3, -0.25) is 0 Å². The van der Waals surface area contributed by atoms with Gasteiger partial charge in [-0.25, -0.2) is 9.59 Å². The Morgan fingerprint density at radius 3 is 2.36 bits per heavy atom. The molecule has 2 amide bonds. The highest BCUT2D eigenvalue weighted by Gasteiger charge is 2.77. The van der Waals surface area contributed by atoms with E-state index in [1.165, 1.54) is 13.0 Å². The molecule has 142 valence electrons. The minimum Gasteiger partial charge on any atom is -0.462 e. The van der Waals surface area contributed by atoms with Crippen molar-refractivity contribution >= 4 is 38.7 Å². The average Bonchev–Trinajstić information content (AvgIpc) is 2.49. The number of amides is 2. The molecule has 1 heterocycles. The van der Waals surface area contributed by atoms with Crippen molar-refractivity contribution in [1.29, 1.82) is 0 Å². The monoisotopic (exact) mass is 390 g/mol. The molecule has 1 N–H and O–H groups in total. The van der Waals surface area contributed by atoms with Crippen LogP contribution >= 0.6 is 12.6 Å². The summed E-state index contributed by atoms with van der Waals surface area (Å²) in [5, 5.41) is 9.94. The maximum Gasteiger partial charge on any atom is 0.524 e. The Hall–Kier alpha value is -1.16. The number of aliphatic hydroxyl groups excluding tert-OH is 1. The number of β-lactam (4-membered cyclic amide) rings is 1. The molecule has 0 aromatic carbocycles. The summed E-state index contributed by atoms with van der Waals surface area (Å²) >= 11 is 4.29. The fourth-order valence-electron chi connectivity index (χ4n) is 3.21. The molecule has 1 rings (SSSR count). The molecule has 0 bridgehead atoms. The van der Waals surface area contributed by atoms with E-state index in [1.54, 1.807) is 6.92 Å². The lowest BCUT2D eigenvalue weighted by Gasteiger charge is -2.54. The zero-order chi connectivity index (χ0) is 19.6. The first kappa shape index (κ1) is 21.9. The molecular formula is C16H28NO6SSi+. The van der Waals surface area contributed by atoms with Crippen LogP contribution in [-0.4, -0.2) is 71.9 Å². The lowest BCUT2D eigenvalue weighted by Crippen LogP contribution is -2.87. The molecule has 9 heteroatoms. The van der Waals surface area contributed by atoms with Crippen LogP contribution in [0.15, 0.2) is 12.7 Å². The molecule has 1 fully saturated rings. The molecule has 1 saturated heterocycles. The standard InChI is InChI=1S/C16H27NO6SSi/c1-7-9-23-15(21)17(10-16(24,11(3)18)14(17)20)12(25(4,5)6)13(19)22-8-2/h7,11-12,18H,1,8-10H2,2-6H3/p+1/t11?,12?,16-,17?/m0/s1. The van der Waals surface area contributed by atoms with E-state index in [0.717, 1.165) is 0 Å². The van der Waals surface area contributed by atoms with Crippen LogP contribution < -0.4 is 0 Å². The van der Waals surface area contributed by atoms with E-state index in [1.807, 2.05) is 19.6 Å². The Morgan fingerprint density at radius 1 is 1.44 bits per heavy atom. The Kier molecular flexibility index (Phi) is 6.66. The molecule has 0 aromatic rings. The van der Waals surface area contributed by atoms with Crippen LogP contribution in [0.1, 0.15) is 13.8 Å². The number of hydrogen-bond donors (Lipinski definition) is 2. The molecule has 4 atom stereocenters. The number of nitrogens with zero attached hydrogens (tertiary/aromatic N) is 1. The summed E-state index contributed by atoms with van der Waals surface area (Å²) < 4.78 is 8.07. The summed E-state index contributed by atoms with van der Waals surface area (Å²) in [4.78, 5) is 38.5. The van der Waals surface area contributed by atoms with Gasteiger partial charge in [0.05, 0.1) is 12.7 Å². The number of ether oxygens (including phenoxy) is 2. The number of carbonyl (C=O) groups excluding carboxylic acids is 3. The summed E-state index contributed by atoms with van der Waals surface area (Å²) in [5.41, 5.74) is -0.976. The fourth-order valence-corrected chi connectivity index (χ4v) is 6.04. The van der Waals surface area contributed by atoms with Crippen molar-refractivity contribution in [3.05, 3.63) is 12.7 Å². The van der Waals surface area contributed by atoms with Crippen molar-refractivity contribution in [3.63, 3.8) is 0 Å². The second-order valence-electron chi connectivity index (χ2n) is 7.32. The Balaban J connectivity index is 3.45. The number of aliphatic hydroxyl groups is 1. The van der Waals surface area contributed by atoms with Crippen LogP contribution in [0, 0.1) is 0 Å². The summed E-state index contributed by atoms with van der Waals surface area (Å²) in [6, 6.07) is 0. The highest BCUT2D eigenvalue weighted by Crippen LogP contribution is 2.44. The van der Waals surface area contributed by atoms with E-state index in [9.17, 15) is 19.5 Å². The van der Waals surface area contributed by atoms with Crippen LogP contribution in [0.4, 0.5) is 4.79 Å². The zero-order valence-corrected chi connectivity index (χ0v) is 17.3. The number of likely N-dealkylation sites (tertiary alicyclic amines) is 1. The van der Waals surface area contributed by atoms with Gasteiger partial charge in [0.1, 0.15) is 21.2 Å². The Morgan fingerprint density at radius 2 is 2.00 bits per heavy atom. The van der Waals surface area contributed by atoms with E-state index >= 15 is 0 Å². The molecule has 3 unspecified atom stereocenters. The highest BCUT2D eigenvalue weighted by molar-refractivity contribution is 7.83. The molecule has 0 radical (unpaired) electrons. The summed E-state index contributed by atoms with van der Waals surface area (Å²) in [6.45, 7) is 12.1. The lowest BCUT2D eigenvalue weighted by molar-refractivity contribution is -0.821. The van der Waals surface area contributed by atoms with Crippen molar-refractivity contribution in [3.8, 4) is 0 Å². The van der Waals surface area contributed by atoms with Gasteiger partial charge in [-0.15, -0.1) is 4.48 Å². The minimum atomic E-state index is -2.40. The Labute approximate surface area is 155 Å². The number of esters is 1. The maximum atomic E-state index is 13.1. The van der Waals surface area contributed by atoms with Crippen molar-refractivity contribution < 1.29 is 33.4 Å². The molecular weight excluding hydrogens is 362 g/mol. The van der Waals surface area contributed by atoms with Gasteiger partial charge in [0.2, 0.25) is 4.75 Å². The smallest absolute Gasteiger partial charge is 0.462 e. The van der Waals surface area contributed by atoms with Gasteiger partial charge >= 0.3 is 18.0 Å². The van der Waals surface area contributed by atoms with Gasteiger partial charge in [0.25, 0.3) is 0 Å². The summed E-state index contributed by atoms with van der Waals surface area (Å²) in [5.74, 6) is -1.24. The second kappa shape index (κ2) is 7.61. The van der Waals surface area contributed by atoms with Crippen LogP contribution in [0.5, 0.6) is 0 Å². The third kappa shape index (κ3) is 3.69. The summed E-state index contributed by atoms with van der Waals surface area (Å²) in [7, 11) is -2.40. The second-order valence-corrected chi connectivity index (χ2v) is 13.4. The molecule has 7 nitrogen and oxygen atoms in total. The lowest BCUT2D eigenvalue weighted by atomic mass is 9.88. The number of imide groups is 1. The molecule has 0 spiro atoms. The van der Waals surface area contributed by atoms with Crippen molar-refractivity contribution in [2.75, 3.05) is 19.8 Å². The number of rotatable bonds is 7. The largest absolute Gasteiger partial charge is 0.524 e. The molecule has 25 heavy (non-hydrogen) atoms. The molecule has 0 aromatic heterocycles. The fraction of sp³-hybridized carbons (Fsp3) is 0.688. The predicted octanol–water partition coefficient (Wildman–Crippen LogP) is 1.52. The molecule has 0 saturated carbocycles. The summed E-state index contributed by atoms with van der Waals surface area (Å²) in [6.07, 6.45) is -0.531. The van der Waals surface area contributed by atoms with E-state index in [-0.39, 0.29) is 19.8 Å². The van der Waals surface area contributed by atoms with E-state index < -0.39 is 47.0 Å². The topological polar surface area (TPSA) is 89.9 Å².